The second-order valence-corrected chi connectivity index (χ2v) is 4.27. The fourth-order valence-electron chi connectivity index (χ4n) is 1.61. The molecule has 0 aliphatic rings. The quantitative estimate of drug-likeness (QED) is 0.882. The third-order valence-corrected chi connectivity index (χ3v) is 2.87. The van der Waals surface area contributed by atoms with E-state index < -0.39 is 0 Å². The van der Waals surface area contributed by atoms with Crippen molar-refractivity contribution in [3.63, 3.8) is 0 Å². The molecule has 4 heteroatoms. The minimum absolute atomic E-state index is 0.0707. The Morgan fingerprint density at radius 3 is 2.71 bits per heavy atom. The minimum Gasteiger partial charge on any atom is -0.419 e. The van der Waals surface area contributed by atoms with Crippen molar-refractivity contribution < 1.29 is 4.42 Å². The van der Waals surface area contributed by atoms with Gasteiger partial charge in [0.2, 0.25) is 11.8 Å². The van der Waals surface area contributed by atoms with E-state index in [-0.39, 0.29) is 6.04 Å². The smallest absolute Gasteiger partial charge is 0.248 e. The van der Waals surface area contributed by atoms with Crippen LogP contribution >= 0.6 is 0 Å². The number of aryl methyl sites for hydroxylation is 2. The van der Waals surface area contributed by atoms with Crippen LogP contribution in [0, 0.1) is 13.8 Å². The molecule has 1 heterocycles. The summed E-state index contributed by atoms with van der Waals surface area (Å²) >= 11 is 0. The maximum absolute atomic E-state index is 5.67. The second kappa shape index (κ2) is 4.67. The average Bonchev–Trinajstić information content (AvgIpc) is 2.80. The van der Waals surface area contributed by atoms with E-state index in [1.807, 2.05) is 20.9 Å². The van der Waals surface area contributed by atoms with Gasteiger partial charge in [0, 0.05) is 5.56 Å². The van der Waals surface area contributed by atoms with Crippen molar-refractivity contribution in [3.8, 4) is 11.5 Å². The summed E-state index contributed by atoms with van der Waals surface area (Å²) in [6.45, 7) is 6.08. The van der Waals surface area contributed by atoms with Gasteiger partial charge in [-0.25, -0.2) is 0 Å². The second-order valence-electron chi connectivity index (χ2n) is 4.27. The molecule has 2 aromatic rings. The summed E-state index contributed by atoms with van der Waals surface area (Å²) in [5.41, 5.74) is 3.34. The van der Waals surface area contributed by atoms with Crippen molar-refractivity contribution >= 4 is 0 Å². The molecule has 2 rings (SSSR count). The zero-order chi connectivity index (χ0) is 12.4. The molecule has 0 spiro atoms. The van der Waals surface area contributed by atoms with Crippen molar-refractivity contribution in [2.45, 2.75) is 26.8 Å². The first-order valence-corrected chi connectivity index (χ1v) is 5.70. The highest BCUT2D eigenvalue weighted by Gasteiger charge is 2.14. The Bertz CT molecular complexity index is 519. The molecule has 90 valence electrons. The average molecular weight is 231 g/mol. The Labute approximate surface area is 101 Å². The fourth-order valence-corrected chi connectivity index (χ4v) is 1.61. The molecule has 4 nitrogen and oxygen atoms in total. The highest BCUT2D eigenvalue weighted by Crippen LogP contribution is 2.24. The van der Waals surface area contributed by atoms with Gasteiger partial charge in [-0.3, -0.25) is 0 Å². The van der Waals surface area contributed by atoms with Gasteiger partial charge >= 0.3 is 0 Å². The Morgan fingerprint density at radius 1 is 1.24 bits per heavy atom. The molecule has 1 aromatic carbocycles. The first-order chi connectivity index (χ1) is 8.11. The molecule has 0 aliphatic heterocycles. The molecule has 0 saturated carbocycles. The van der Waals surface area contributed by atoms with Crippen molar-refractivity contribution in [3.05, 3.63) is 35.2 Å². The molecule has 0 bridgehead atoms. The lowest BCUT2D eigenvalue weighted by Crippen LogP contribution is -2.12. The van der Waals surface area contributed by atoms with Crippen LogP contribution in [-0.2, 0) is 0 Å². The Kier molecular flexibility index (Phi) is 3.24. The summed E-state index contributed by atoms with van der Waals surface area (Å²) in [4.78, 5) is 0. The highest BCUT2D eigenvalue weighted by molar-refractivity contribution is 5.59. The first kappa shape index (κ1) is 11.8. The molecule has 0 saturated heterocycles. The molecular weight excluding hydrogens is 214 g/mol. The third-order valence-electron chi connectivity index (χ3n) is 2.87. The molecular formula is C13H17N3O. The summed E-state index contributed by atoms with van der Waals surface area (Å²) in [7, 11) is 1.87. The van der Waals surface area contributed by atoms with Crippen LogP contribution in [0.4, 0.5) is 0 Å². The van der Waals surface area contributed by atoms with E-state index in [2.05, 4.69) is 40.6 Å². The molecule has 1 aromatic heterocycles. The Balaban J connectivity index is 2.40. The van der Waals surface area contributed by atoms with Crippen molar-refractivity contribution in [1.29, 1.82) is 0 Å². The normalized spacial score (nSPS) is 12.7. The van der Waals surface area contributed by atoms with Gasteiger partial charge in [0.25, 0.3) is 0 Å². The van der Waals surface area contributed by atoms with Crippen LogP contribution in [-0.4, -0.2) is 17.2 Å². The Morgan fingerprint density at radius 2 is 2.00 bits per heavy atom. The summed E-state index contributed by atoms with van der Waals surface area (Å²) in [6.07, 6.45) is 0. The maximum atomic E-state index is 5.67. The van der Waals surface area contributed by atoms with Crippen molar-refractivity contribution in [2.75, 3.05) is 7.05 Å². The first-order valence-electron chi connectivity index (χ1n) is 5.70. The van der Waals surface area contributed by atoms with Gasteiger partial charge in [0.1, 0.15) is 0 Å². The largest absolute Gasteiger partial charge is 0.419 e. The van der Waals surface area contributed by atoms with Crippen LogP contribution in [0.1, 0.15) is 30.0 Å². The topological polar surface area (TPSA) is 51.0 Å². The number of nitrogens with zero attached hydrogens (tertiary/aromatic N) is 2. The molecule has 0 radical (unpaired) electrons. The number of hydrogen-bond acceptors (Lipinski definition) is 4. The summed E-state index contributed by atoms with van der Waals surface area (Å²) < 4.78 is 5.67. The minimum atomic E-state index is 0.0707. The zero-order valence-corrected chi connectivity index (χ0v) is 10.6. The Hall–Kier alpha value is -1.68. The van der Waals surface area contributed by atoms with Gasteiger partial charge in [-0.05, 0) is 39.4 Å². The lowest BCUT2D eigenvalue weighted by Gasteiger charge is -2.04. The molecule has 17 heavy (non-hydrogen) atoms. The van der Waals surface area contributed by atoms with E-state index in [9.17, 15) is 0 Å². The molecule has 0 fully saturated rings. The van der Waals surface area contributed by atoms with E-state index in [1.165, 1.54) is 5.56 Å². The standard InChI is InChI=1S/C13H17N3O/c1-8-5-6-9(2)11(7-8)13-16-15-12(17-13)10(3)14-4/h5-7,10,14H,1-4H3. The number of nitrogens with one attached hydrogen (secondary N) is 1. The van der Waals surface area contributed by atoms with E-state index in [0.717, 1.165) is 11.1 Å². The van der Waals surface area contributed by atoms with Crippen LogP contribution in [0.3, 0.4) is 0 Å². The molecule has 0 amide bonds. The fraction of sp³-hybridized carbons (Fsp3) is 0.385. The lowest BCUT2D eigenvalue weighted by atomic mass is 10.1. The monoisotopic (exact) mass is 231 g/mol. The van der Waals surface area contributed by atoms with Gasteiger partial charge in [-0.1, -0.05) is 17.7 Å². The van der Waals surface area contributed by atoms with E-state index in [0.29, 0.717) is 11.8 Å². The predicted octanol–water partition coefficient (Wildman–Crippen LogP) is 2.63. The third kappa shape index (κ3) is 2.36. The van der Waals surface area contributed by atoms with E-state index in [4.69, 9.17) is 4.42 Å². The predicted molar refractivity (Wildman–Crippen MR) is 66.7 cm³/mol. The van der Waals surface area contributed by atoms with Crippen molar-refractivity contribution in [2.24, 2.45) is 0 Å². The van der Waals surface area contributed by atoms with Gasteiger partial charge < -0.3 is 9.73 Å². The highest BCUT2D eigenvalue weighted by atomic mass is 16.4. The van der Waals surface area contributed by atoms with Gasteiger partial charge in [-0.2, -0.15) is 0 Å². The molecule has 1 atom stereocenters. The van der Waals surface area contributed by atoms with Crippen LogP contribution in [0.25, 0.3) is 11.5 Å². The van der Waals surface area contributed by atoms with Gasteiger partial charge in [0.05, 0.1) is 6.04 Å². The zero-order valence-electron chi connectivity index (χ0n) is 10.6. The molecule has 0 aliphatic carbocycles. The van der Waals surface area contributed by atoms with Crippen LogP contribution in [0.15, 0.2) is 22.6 Å². The number of aromatic nitrogens is 2. The van der Waals surface area contributed by atoms with Crippen molar-refractivity contribution in [1.82, 2.24) is 15.5 Å². The van der Waals surface area contributed by atoms with Gasteiger partial charge in [-0.15, -0.1) is 10.2 Å². The van der Waals surface area contributed by atoms with Crippen LogP contribution in [0.2, 0.25) is 0 Å². The summed E-state index contributed by atoms with van der Waals surface area (Å²) in [5.74, 6) is 1.20. The van der Waals surface area contributed by atoms with Crippen LogP contribution < -0.4 is 5.32 Å². The SMILES string of the molecule is CNC(C)c1nnc(-c2cc(C)ccc2C)o1. The molecule has 1 unspecified atom stereocenters. The maximum Gasteiger partial charge on any atom is 0.248 e. The molecule has 1 N–H and O–H groups in total. The number of hydrogen-bond donors (Lipinski definition) is 1. The summed E-state index contributed by atoms with van der Waals surface area (Å²) in [5, 5.41) is 11.2. The lowest BCUT2D eigenvalue weighted by molar-refractivity contribution is 0.441. The van der Waals surface area contributed by atoms with Crippen LogP contribution in [0.5, 0.6) is 0 Å². The summed E-state index contributed by atoms with van der Waals surface area (Å²) in [6, 6.07) is 6.28. The van der Waals surface area contributed by atoms with E-state index >= 15 is 0 Å². The van der Waals surface area contributed by atoms with E-state index in [1.54, 1.807) is 0 Å². The number of rotatable bonds is 3. The van der Waals surface area contributed by atoms with Gasteiger partial charge in [0.15, 0.2) is 0 Å². The number of benzene rings is 1.